The Labute approximate surface area is 126 Å². The average molecular weight is 285 g/mol. The molecule has 1 unspecified atom stereocenters. The van der Waals surface area contributed by atoms with Gasteiger partial charge in [-0.25, -0.2) is 0 Å². The van der Waals surface area contributed by atoms with Gasteiger partial charge >= 0.3 is 5.97 Å². The normalized spacial score (nSPS) is 12.7. The van der Waals surface area contributed by atoms with Crippen LogP contribution in [0.5, 0.6) is 0 Å². The fourth-order valence-corrected chi connectivity index (χ4v) is 2.79. The van der Waals surface area contributed by atoms with E-state index in [2.05, 4.69) is 54.3 Å². The third-order valence-electron chi connectivity index (χ3n) is 4.11. The standard InChI is InChI=1S/C18H23NO2/c1-3-16(19(2)12-11-18(20)21)13-15-9-6-8-14-7-4-5-10-17(14)15/h4-10,16H,3,11-13H2,1-2H3,(H,20,21). The molecule has 0 saturated carbocycles. The molecule has 3 heteroatoms. The number of fused-ring (bicyclic) bond motifs is 1. The quantitative estimate of drug-likeness (QED) is 0.845. The molecule has 21 heavy (non-hydrogen) atoms. The van der Waals surface area contributed by atoms with Crippen molar-refractivity contribution in [3.8, 4) is 0 Å². The molecule has 1 atom stereocenters. The van der Waals surface area contributed by atoms with Crippen molar-refractivity contribution < 1.29 is 9.90 Å². The van der Waals surface area contributed by atoms with Gasteiger partial charge in [-0.2, -0.15) is 0 Å². The number of aliphatic carboxylic acids is 1. The van der Waals surface area contributed by atoms with Crippen LogP contribution in [0.3, 0.4) is 0 Å². The summed E-state index contributed by atoms with van der Waals surface area (Å²) >= 11 is 0. The number of hydrogen-bond donors (Lipinski definition) is 1. The maximum absolute atomic E-state index is 10.7. The number of likely N-dealkylation sites (N-methyl/N-ethyl adjacent to an activating group) is 1. The first-order valence-electron chi connectivity index (χ1n) is 7.50. The van der Waals surface area contributed by atoms with E-state index < -0.39 is 5.97 Å². The predicted molar refractivity (Wildman–Crippen MR) is 86.6 cm³/mol. The summed E-state index contributed by atoms with van der Waals surface area (Å²) in [6.07, 6.45) is 2.16. The van der Waals surface area contributed by atoms with Gasteiger partial charge in [-0.15, -0.1) is 0 Å². The minimum atomic E-state index is -0.734. The van der Waals surface area contributed by atoms with Crippen molar-refractivity contribution in [1.82, 2.24) is 4.90 Å². The molecule has 0 aliphatic carbocycles. The molecule has 0 aromatic heterocycles. The van der Waals surface area contributed by atoms with Crippen molar-refractivity contribution in [3.63, 3.8) is 0 Å². The molecule has 0 amide bonds. The molecule has 2 aromatic rings. The molecule has 3 nitrogen and oxygen atoms in total. The van der Waals surface area contributed by atoms with Gasteiger partial charge in [0.25, 0.3) is 0 Å². The van der Waals surface area contributed by atoms with E-state index >= 15 is 0 Å². The van der Waals surface area contributed by atoms with Crippen molar-refractivity contribution in [2.75, 3.05) is 13.6 Å². The Morgan fingerprint density at radius 2 is 1.90 bits per heavy atom. The van der Waals surface area contributed by atoms with E-state index in [1.54, 1.807) is 0 Å². The van der Waals surface area contributed by atoms with E-state index in [4.69, 9.17) is 5.11 Å². The molecule has 1 N–H and O–H groups in total. The Bertz CT molecular complexity index is 604. The van der Waals surface area contributed by atoms with Crippen LogP contribution >= 0.6 is 0 Å². The third kappa shape index (κ3) is 4.05. The summed E-state index contributed by atoms with van der Waals surface area (Å²) in [5.41, 5.74) is 1.34. The Kier molecular flexibility index (Phi) is 5.34. The van der Waals surface area contributed by atoms with Gasteiger partial charge in [0.2, 0.25) is 0 Å². The molecule has 0 saturated heterocycles. The summed E-state index contributed by atoms with van der Waals surface area (Å²) in [5.74, 6) is -0.734. The average Bonchev–Trinajstić information content (AvgIpc) is 2.50. The van der Waals surface area contributed by atoms with E-state index in [9.17, 15) is 4.79 Å². The summed E-state index contributed by atoms with van der Waals surface area (Å²) in [6.45, 7) is 2.76. The lowest BCUT2D eigenvalue weighted by molar-refractivity contribution is -0.137. The minimum absolute atomic E-state index is 0.197. The second kappa shape index (κ2) is 7.23. The van der Waals surface area contributed by atoms with Crippen molar-refractivity contribution in [1.29, 1.82) is 0 Å². The largest absolute Gasteiger partial charge is 0.481 e. The number of rotatable bonds is 7. The smallest absolute Gasteiger partial charge is 0.304 e. The maximum atomic E-state index is 10.7. The van der Waals surface area contributed by atoms with Crippen LogP contribution in [-0.4, -0.2) is 35.6 Å². The molecule has 0 spiro atoms. The highest BCUT2D eigenvalue weighted by Crippen LogP contribution is 2.21. The predicted octanol–water partition coefficient (Wildman–Crippen LogP) is 3.57. The number of hydrogen-bond acceptors (Lipinski definition) is 2. The number of carboxylic acid groups (broad SMARTS) is 1. The second-order valence-corrected chi connectivity index (χ2v) is 5.53. The Morgan fingerprint density at radius 3 is 2.62 bits per heavy atom. The van der Waals surface area contributed by atoms with Crippen LogP contribution in [0, 0.1) is 0 Å². The van der Waals surface area contributed by atoms with Gasteiger partial charge in [0.15, 0.2) is 0 Å². The fourth-order valence-electron chi connectivity index (χ4n) is 2.79. The number of nitrogens with zero attached hydrogens (tertiary/aromatic N) is 1. The van der Waals surface area contributed by atoms with Crippen molar-refractivity contribution >= 4 is 16.7 Å². The van der Waals surface area contributed by atoms with Crippen LogP contribution in [0.4, 0.5) is 0 Å². The zero-order valence-corrected chi connectivity index (χ0v) is 12.7. The molecule has 0 aliphatic rings. The third-order valence-corrected chi connectivity index (χ3v) is 4.11. The minimum Gasteiger partial charge on any atom is -0.481 e. The summed E-state index contributed by atoms with van der Waals surface area (Å²) in [5, 5.41) is 11.4. The Balaban J connectivity index is 2.15. The zero-order valence-electron chi connectivity index (χ0n) is 12.7. The van der Waals surface area contributed by atoms with E-state index in [0.717, 1.165) is 12.8 Å². The van der Waals surface area contributed by atoms with Crippen molar-refractivity contribution in [2.24, 2.45) is 0 Å². The second-order valence-electron chi connectivity index (χ2n) is 5.53. The van der Waals surface area contributed by atoms with Gasteiger partial charge in [-0.05, 0) is 36.2 Å². The molecule has 0 heterocycles. The van der Waals surface area contributed by atoms with Gasteiger partial charge in [0.05, 0.1) is 6.42 Å². The monoisotopic (exact) mass is 285 g/mol. The van der Waals surface area contributed by atoms with Crippen LogP contribution < -0.4 is 0 Å². The van der Waals surface area contributed by atoms with Crippen LogP contribution in [0.15, 0.2) is 42.5 Å². The van der Waals surface area contributed by atoms with Gasteiger partial charge in [-0.1, -0.05) is 49.4 Å². The summed E-state index contributed by atoms with van der Waals surface area (Å²) in [7, 11) is 2.02. The highest BCUT2D eigenvalue weighted by atomic mass is 16.4. The van der Waals surface area contributed by atoms with Gasteiger partial charge < -0.3 is 10.0 Å². The maximum Gasteiger partial charge on any atom is 0.304 e. The Morgan fingerprint density at radius 1 is 1.19 bits per heavy atom. The topological polar surface area (TPSA) is 40.5 Å². The summed E-state index contributed by atoms with van der Waals surface area (Å²) < 4.78 is 0. The van der Waals surface area contributed by atoms with Crippen molar-refractivity contribution in [3.05, 3.63) is 48.0 Å². The van der Waals surface area contributed by atoms with Crippen LogP contribution in [0.2, 0.25) is 0 Å². The van der Waals surface area contributed by atoms with Crippen LogP contribution in [0.25, 0.3) is 10.8 Å². The molecular formula is C18H23NO2. The van der Waals surface area contributed by atoms with Crippen LogP contribution in [0.1, 0.15) is 25.3 Å². The molecule has 2 aromatic carbocycles. The number of carbonyl (C=O) groups is 1. The lowest BCUT2D eigenvalue weighted by Crippen LogP contribution is -2.34. The molecule has 0 radical (unpaired) electrons. The molecule has 0 fully saturated rings. The SMILES string of the molecule is CCC(Cc1cccc2ccccc12)N(C)CCC(=O)O. The Hall–Kier alpha value is -1.87. The lowest BCUT2D eigenvalue weighted by atomic mass is 9.97. The van der Waals surface area contributed by atoms with E-state index in [1.165, 1.54) is 16.3 Å². The number of benzene rings is 2. The summed E-state index contributed by atoms with van der Waals surface area (Å²) in [6, 6.07) is 15.2. The molecular weight excluding hydrogens is 262 g/mol. The lowest BCUT2D eigenvalue weighted by Gasteiger charge is -2.27. The van der Waals surface area contributed by atoms with Gasteiger partial charge in [0, 0.05) is 12.6 Å². The van der Waals surface area contributed by atoms with E-state index in [0.29, 0.717) is 12.6 Å². The number of carboxylic acids is 1. The van der Waals surface area contributed by atoms with Crippen molar-refractivity contribution in [2.45, 2.75) is 32.2 Å². The fraction of sp³-hybridized carbons (Fsp3) is 0.389. The highest BCUT2D eigenvalue weighted by molar-refractivity contribution is 5.85. The van der Waals surface area contributed by atoms with Gasteiger partial charge in [0.1, 0.15) is 0 Å². The molecule has 2 rings (SSSR count). The first kappa shape index (κ1) is 15.5. The molecule has 112 valence electrons. The van der Waals surface area contributed by atoms with Gasteiger partial charge in [-0.3, -0.25) is 4.79 Å². The molecule has 0 bridgehead atoms. The highest BCUT2D eigenvalue weighted by Gasteiger charge is 2.15. The first-order chi connectivity index (χ1) is 10.1. The van der Waals surface area contributed by atoms with E-state index in [1.807, 2.05) is 7.05 Å². The van der Waals surface area contributed by atoms with E-state index in [-0.39, 0.29) is 6.42 Å². The first-order valence-corrected chi connectivity index (χ1v) is 7.50. The summed E-state index contributed by atoms with van der Waals surface area (Å²) in [4.78, 5) is 12.9. The zero-order chi connectivity index (χ0) is 15.2. The molecule has 0 aliphatic heterocycles. The van der Waals surface area contributed by atoms with Crippen LogP contribution in [-0.2, 0) is 11.2 Å².